The van der Waals surface area contributed by atoms with Crippen molar-refractivity contribution in [2.24, 2.45) is 0 Å². The summed E-state index contributed by atoms with van der Waals surface area (Å²) in [7, 11) is 1.61. The number of benzene rings is 1. The molecule has 0 spiro atoms. The van der Waals surface area contributed by atoms with Crippen molar-refractivity contribution in [2.45, 2.75) is 18.9 Å². The average Bonchev–Trinajstić information content (AvgIpc) is 3.46. The van der Waals surface area contributed by atoms with Crippen LogP contribution < -0.4 is 15.0 Å². The van der Waals surface area contributed by atoms with Gasteiger partial charge in [0.15, 0.2) is 11.6 Å². The second-order valence-electron chi connectivity index (χ2n) is 7.71. The van der Waals surface area contributed by atoms with E-state index in [1.807, 2.05) is 24.3 Å². The van der Waals surface area contributed by atoms with E-state index in [1.165, 1.54) is 0 Å². The highest BCUT2D eigenvalue weighted by atomic mass is 16.5. The van der Waals surface area contributed by atoms with Gasteiger partial charge in [0.1, 0.15) is 17.3 Å². The molecule has 1 aromatic carbocycles. The maximum Gasteiger partial charge on any atom is 0.258 e. The number of piperidine rings is 1. The molecule has 1 aliphatic heterocycles. The van der Waals surface area contributed by atoms with Gasteiger partial charge in [0, 0.05) is 31.4 Å². The maximum absolute atomic E-state index is 12.6. The summed E-state index contributed by atoms with van der Waals surface area (Å²) < 4.78 is 5.23. The number of aliphatic hydroxyl groups excluding tert-OH is 1. The Morgan fingerprint density at radius 1 is 1.22 bits per heavy atom. The molecule has 0 bridgehead atoms. The number of rotatable bonds is 5. The number of pyridine rings is 1. The lowest BCUT2D eigenvalue weighted by atomic mass is 10.1. The number of anilines is 2. The SMILES string of the molecule is COc1ccc2[nH]c(-c3cc(NC(=O)c4ccc(N5CCC(O)CC5)nc4)n[nH]3)nc2c1. The van der Waals surface area contributed by atoms with Crippen molar-refractivity contribution in [3.63, 3.8) is 0 Å². The zero-order valence-corrected chi connectivity index (χ0v) is 17.5. The van der Waals surface area contributed by atoms with Gasteiger partial charge >= 0.3 is 0 Å². The van der Waals surface area contributed by atoms with Crippen molar-refractivity contribution < 1.29 is 14.6 Å². The molecule has 0 saturated carbocycles. The molecule has 164 valence electrons. The largest absolute Gasteiger partial charge is 0.497 e. The van der Waals surface area contributed by atoms with Gasteiger partial charge < -0.3 is 25.0 Å². The van der Waals surface area contributed by atoms with Gasteiger partial charge in [-0.1, -0.05) is 0 Å². The topological polar surface area (TPSA) is 132 Å². The molecule has 4 N–H and O–H groups in total. The number of aromatic nitrogens is 5. The Labute approximate surface area is 183 Å². The molecule has 3 aromatic heterocycles. The molecule has 4 heterocycles. The van der Waals surface area contributed by atoms with E-state index >= 15 is 0 Å². The van der Waals surface area contributed by atoms with Crippen LogP contribution in [0, 0.1) is 0 Å². The van der Waals surface area contributed by atoms with E-state index in [2.05, 4.69) is 35.4 Å². The van der Waals surface area contributed by atoms with Gasteiger partial charge in [-0.15, -0.1) is 0 Å². The van der Waals surface area contributed by atoms with Crippen molar-refractivity contribution in [3.05, 3.63) is 48.2 Å². The molecule has 5 rings (SSSR count). The van der Waals surface area contributed by atoms with Gasteiger partial charge in [-0.05, 0) is 37.1 Å². The molecule has 1 aliphatic rings. The third kappa shape index (κ3) is 4.00. The number of aliphatic hydroxyl groups is 1. The minimum absolute atomic E-state index is 0.238. The van der Waals surface area contributed by atoms with E-state index < -0.39 is 0 Å². The van der Waals surface area contributed by atoms with Crippen LogP contribution in [0.1, 0.15) is 23.2 Å². The number of methoxy groups -OCH3 is 1. The summed E-state index contributed by atoms with van der Waals surface area (Å²) in [5.74, 6) is 2.23. The van der Waals surface area contributed by atoms with E-state index in [0.717, 1.165) is 48.5 Å². The Morgan fingerprint density at radius 3 is 2.81 bits per heavy atom. The Kier molecular flexibility index (Phi) is 5.20. The van der Waals surface area contributed by atoms with Crippen LogP contribution in [0.5, 0.6) is 5.75 Å². The molecule has 0 radical (unpaired) electrons. The van der Waals surface area contributed by atoms with E-state index in [1.54, 1.807) is 25.4 Å². The molecule has 1 fully saturated rings. The summed E-state index contributed by atoms with van der Waals surface area (Å²) in [6.07, 6.45) is 2.77. The Hall–Kier alpha value is -3.92. The molecular formula is C22H23N7O3. The summed E-state index contributed by atoms with van der Waals surface area (Å²) in [6.45, 7) is 1.51. The first-order chi connectivity index (χ1) is 15.6. The quantitative estimate of drug-likeness (QED) is 0.380. The molecule has 10 nitrogen and oxygen atoms in total. The van der Waals surface area contributed by atoms with Crippen LogP contribution in [0.2, 0.25) is 0 Å². The average molecular weight is 433 g/mol. The predicted molar refractivity (Wildman–Crippen MR) is 120 cm³/mol. The Balaban J connectivity index is 1.26. The first-order valence-electron chi connectivity index (χ1n) is 10.4. The Bertz CT molecular complexity index is 1240. The third-order valence-electron chi connectivity index (χ3n) is 5.56. The lowest BCUT2D eigenvalue weighted by Gasteiger charge is -2.30. The summed E-state index contributed by atoms with van der Waals surface area (Å²) in [5.41, 5.74) is 2.73. The highest BCUT2D eigenvalue weighted by Crippen LogP contribution is 2.24. The zero-order valence-electron chi connectivity index (χ0n) is 17.5. The summed E-state index contributed by atoms with van der Waals surface area (Å²) >= 11 is 0. The fourth-order valence-corrected chi connectivity index (χ4v) is 3.74. The second kappa shape index (κ2) is 8.31. The highest BCUT2D eigenvalue weighted by Gasteiger charge is 2.19. The number of ether oxygens (including phenoxy) is 1. The number of H-pyrrole nitrogens is 2. The van der Waals surface area contributed by atoms with Crippen LogP contribution in [0.15, 0.2) is 42.6 Å². The number of imidazole rings is 1. The van der Waals surface area contributed by atoms with Crippen molar-refractivity contribution in [1.82, 2.24) is 25.1 Å². The first-order valence-corrected chi connectivity index (χ1v) is 10.4. The number of carbonyl (C=O) groups excluding carboxylic acids is 1. The minimum atomic E-state index is -0.300. The number of hydrogen-bond donors (Lipinski definition) is 4. The van der Waals surface area contributed by atoms with Crippen molar-refractivity contribution >= 4 is 28.6 Å². The lowest BCUT2D eigenvalue weighted by Crippen LogP contribution is -2.36. The maximum atomic E-state index is 12.6. The van der Waals surface area contributed by atoms with Crippen LogP contribution in [-0.2, 0) is 0 Å². The lowest BCUT2D eigenvalue weighted by molar-refractivity contribution is 0.102. The number of fused-ring (bicyclic) bond motifs is 1. The number of hydrogen-bond acceptors (Lipinski definition) is 7. The molecule has 0 atom stereocenters. The first kappa shape index (κ1) is 20.0. The third-order valence-corrected chi connectivity index (χ3v) is 5.56. The molecule has 32 heavy (non-hydrogen) atoms. The number of aromatic amines is 2. The van der Waals surface area contributed by atoms with E-state index in [0.29, 0.717) is 22.9 Å². The van der Waals surface area contributed by atoms with E-state index in [-0.39, 0.29) is 12.0 Å². The van der Waals surface area contributed by atoms with Crippen LogP contribution in [0.25, 0.3) is 22.6 Å². The second-order valence-corrected chi connectivity index (χ2v) is 7.71. The van der Waals surface area contributed by atoms with Gasteiger partial charge in [-0.2, -0.15) is 5.10 Å². The molecular weight excluding hydrogens is 410 g/mol. The van der Waals surface area contributed by atoms with Gasteiger partial charge in [0.25, 0.3) is 5.91 Å². The fraction of sp³-hybridized carbons (Fsp3) is 0.273. The van der Waals surface area contributed by atoms with Crippen molar-refractivity contribution in [1.29, 1.82) is 0 Å². The molecule has 0 aliphatic carbocycles. The molecule has 1 amide bonds. The van der Waals surface area contributed by atoms with E-state index in [4.69, 9.17) is 4.74 Å². The molecule has 1 saturated heterocycles. The van der Waals surface area contributed by atoms with Crippen molar-refractivity contribution in [2.75, 3.05) is 30.4 Å². The number of nitrogens with zero attached hydrogens (tertiary/aromatic N) is 4. The highest BCUT2D eigenvalue weighted by molar-refractivity contribution is 6.03. The normalized spacial score (nSPS) is 14.6. The number of amides is 1. The Morgan fingerprint density at radius 2 is 2.06 bits per heavy atom. The van der Waals surface area contributed by atoms with Crippen LogP contribution in [0.3, 0.4) is 0 Å². The molecule has 4 aromatic rings. The fourth-order valence-electron chi connectivity index (χ4n) is 3.74. The minimum Gasteiger partial charge on any atom is -0.497 e. The predicted octanol–water partition coefficient (Wildman–Crippen LogP) is 2.57. The standard InChI is InChI=1S/C22H23N7O3/c1-32-15-3-4-16-17(10-15)25-21(24-16)18-11-19(28-27-18)26-22(31)13-2-5-20(23-12-13)29-8-6-14(30)7-9-29/h2-5,10-12,14,30H,6-9H2,1H3,(H,24,25)(H2,26,27,28,31). The van der Waals surface area contributed by atoms with E-state index in [9.17, 15) is 9.90 Å². The van der Waals surface area contributed by atoms with Gasteiger partial charge in [-0.25, -0.2) is 9.97 Å². The van der Waals surface area contributed by atoms with Gasteiger partial charge in [0.05, 0.1) is 29.8 Å². The van der Waals surface area contributed by atoms with Crippen LogP contribution >= 0.6 is 0 Å². The molecule has 0 unspecified atom stereocenters. The summed E-state index contributed by atoms with van der Waals surface area (Å²) in [5, 5.41) is 19.5. The monoisotopic (exact) mass is 433 g/mol. The van der Waals surface area contributed by atoms with Gasteiger partial charge in [-0.3, -0.25) is 9.89 Å². The number of nitrogens with one attached hydrogen (secondary N) is 3. The molecule has 10 heteroatoms. The van der Waals surface area contributed by atoms with Crippen LogP contribution in [-0.4, -0.2) is 62.5 Å². The van der Waals surface area contributed by atoms with Crippen LogP contribution in [0.4, 0.5) is 11.6 Å². The summed E-state index contributed by atoms with van der Waals surface area (Å²) in [4.78, 5) is 26.9. The van der Waals surface area contributed by atoms with Gasteiger partial charge in [0.2, 0.25) is 0 Å². The number of carbonyl (C=O) groups is 1. The zero-order chi connectivity index (χ0) is 22.1. The van der Waals surface area contributed by atoms with Crippen molar-refractivity contribution in [3.8, 4) is 17.3 Å². The summed E-state index contributed by atoms with van der Waals surface area (Å²) in [6, 6.07) is 10.9. The smallest absolute Gasteiger partial charge is 0.258 e.